The zero-order chi connectivity index (χ0) is 10.9. The molecule has 0 aromatic rings. The van der Waals surface area contributed by atoms with E-state index >= 15 is 0 Å². The van der Waals surface area contributed by atoms with Gasteiger partial charge in [0, 0.05) is 26.3 Å². The number of nitrogens with two attached hydrogens (primary N) is 1. The molecule has 0 amide bonds. The quantitative estimate of drug-likeness (QED) is 0.375. The van der Waals surface area contributed by atoms with Crippen molar-refractivity contribution in [2.75, 3.05) is 32.9 Å². The second-order valence-corrected chi connectivity index (χ2v) is 3.51. The zero-order valence-corrected chi connectivity index (χ0v) is 9.37. The van der Waals surface area contributed by atoms with Gasteiger partial charge in [-0.3, -0.25) is 4.99 Å². The maximum Gasteiger partial charge on any atom is 0.188 e. The first-order valence-electron chi connectivity index (χ1n) is 5.56. The van der Waals surface area contributed by atoms with Gasteiger partial charge in [-0.25, -0.2) is 0 Å². The van der Waals surface area contributed by atoms with Gasteiger partial charge in [0.2, 0.25) is 0 Å². The standard InChI is InChI=1S/C10H21N3O2/c1-2-12-10(11)13-5-3-6-15-9-4-7-14-8-9/h9H,2-8H2,1H3,(H3,11,12,13). The summed E-state index contributed by atoms with van der Waals surface area (Å²) in [6.07, 6.45) is 2.21. The van der Waals surface area contributed by atoms with Crippen molar-refractivity contribution in [2.24, 2.45) is 10.7 Å². The molecule has 1 fully saturated rings. The molecule has 1 rings (SSSR count). The first-order chi connectivity index (χ1) is 7.33. The van der Waals surface area contributed by atoms with Crippen molar-refractivity contribution in [2.45, 2.75) is 25.9 Å². The van der Waals surface area contributed by atoms with E-state index in [4.69, 9.17) is 15.2 Å². The van der Waals surface area contributed by atoms with Crippen LogP contribution in [0.3, 0.4) is 0 Å². The van der Waals surface area contributed by atoms with Gasteiger partial charge < -0.3 is 20.5 Å². The molecule has 15 heavy (non-hydrogen) atoms. The van der Waals surface area contributed by atoms with E-state index in [1.165, 1.54) is 0 Å². The maximum atomic E-state index is 5.59. The third-order valence-corrected chi connectivity index (χ3v) is 2.18. The Morgan fingerprint density at radius 1 is 1.67 bits per heavy atom. The summed E-state index contributed by atoms with van der Waals surface area (Å²) in [6, 6.07) is 0. The normalized spacial score (nSPS) is 21.9. The van der Waals surface area contributed by atoms with Crippen LogP contribution in [-0.2, 0) is 9.47 Å². The number of nitrogens with one attached hydrogen (secondary N) is 1. The maximum absolute atomic E-state index is 5.59. The number of hydrogen-bond donors (Lipinski definition) is 2. The van der Waals surface area contributed by atoms with Gasteiger partial charge in [0.25, 0.3) is 0 Å². The fraction of sp³-hybridized carbons (Fsp3) is 0.900. The Morgan fingerprint density at radius 3 is 3.20 bits per heavy atom. The molecule has 0 aromatic carbocycles. The predicted molar refractivity (Wildman–Crippen MR) is 60.0 cm³/mol. The van der Waals surface area contributed by atoms with Gasteiger partial charge in [0.05, 0.1) is 12.7 Å². The van der Waals surface area contributed by atoms with Crippen molar-refractivity contribution in [3.05, 3.63) is 0 Å². The largest absolute Gasteiger partial charge is 0.379 e. The summed E-state index contributed by atoms with van der Waals surface area (Å²) >= 11 is 0. The molecular formula is C10H21N3O2. The molecule has 1 unspecified atom stereocenters. The monoisotopic (exact) mass is 215 g/mol. The predicted octanol–water partition coefficient (Wildman–Crippen LogP) is 0.106. The molecule has 1 heterocycles. The average Bonchev–Trinajstić information content (AvgIpc) is 2.70. The molecule has 5 heteroatoms. The zero-order valence-electron chi connectivity index (χ0n) is 9.37. The molecule has 3 N–H and O–H groups in total. The smallest absolute Gasteiger partial charge is 0.188 e. The third kappa shape index (κ3) is 5.59. The van der Waals surface area contributed by atoms with E-state index in [-0.39, 0.29) is 0 Å². The molecule has 0 saturated carbocycles. The molecule has 0 bridgehead atoms. The lowest BCUT2D eigenvalue weighted by molar-refractivity contribution is 0.0424. The van der Waals surface area contributed by atoms with Crippen LogP contribution in [0, 0.1) is 0 Å². The highest BCUT2D eigenvalue weighted by Gasteiger charge is 2.14. The summed E-state index contributed by atoms with van der Waals surface area (Å²) < 4.78 is 10.8. The van der Waals surface area contributed by atoms with Crippen LogP contribution in [0.4, 0.5) is 0 Å². The minimum absolute atomic E-state index is 0.292. The van der Waals surface area contributed by atoms with E-state index in [0.717, 1.165) is 39.2 Å². The van der Waals surface area contributed by atoms with E-state index in [1.807, 2.05) is 6.92 Å². The lowest BCUT2D eigenvalue weighted by atomic mass is 10.3. The molecule has 0 aliphatic carbocycles. The van der Waals surface area contributed by atoms with Gasteiger partial charge in [0.15, 0.2) is 5.96 Å². The van der Waals surface area contributed by atoms with Crippen molar-refractivity contribution in [3.8, 4) is 0 Å². The van der Waals surface area contributed by atoms with E-state index in [9.17, 15) is 0 Å². The molecule has 1 saturated heterocycles. The summed E-state index contributed by atoms with van der Waals surface area (Å²) in [5.41, 5.74) is 5.57. The van der Waals surface area contributed by atoms with Gasteiger partial charge in [0.1, 0.15) is 0 Å². The SMILES string of the molecule is CCNC(N)=NCCCOC1CCOC1. The summed E-state index contributed by atoms with van der Waals surface area (Å²) in [5, 5.41) is 2.94. The number of nitrogens with zero attached hydrogens (tertiary/aromatic N) is 1. The minimum atomic E-state index is 0.292. The summed E-state index contributed by atoms with van der Waals surface area (Å²) in [7, 11) is 0. The lowest BCUT2D eigenvalue weighted by Gasteiger charge is -2.08. The molecule has 88 valence electrons. The van der Waals surface area contributed by atoms with Crippen LogP contribution in [0.25, 0.3) is 0 Å². The minimum Gasteiger partial charge on any atom is -0.379 e. The van der Waals surface area contributed by atoms with Crippen LogP contribution in [0.5, 0.6) is 0 Å². The van der Waals surface area contributed by atoms with E-state index in [0.29, 0.717) is 18.6 Å². The Bertz CT molecular complexity index is 191. The second kappa shape index (κ2) is 7.48. The van der Waals surface area contributed by atoms with E-state index in [2.05, 4.69) is 10.3 Å². The Labute approximate surface area is 91.0 Å². The molecule has 5 nitrogen and oxygen atoms in total. The highest BCUT2D eigenvalue weighted by Crippen LogP contribution is 2.07. The van der Waals surface area contributed by atoms with Crippen molar-refractivity contribution in [1.29, 1.82) is 0 Å². The second-order valence-electron chi connectivity index (χ2n) is 3.51. The third-order valence-electron chi connectivity index (χ3n) is 2.18. The van der Waals surface area contributed by atoms with Crippen LogP contribution in [-0.4, -0.2) is 45.0 Å². The topological polar surface area (TPSA) is 68.9 Å². The van der Waals surface area contributed by atoms with E-state index in [1.54, 1.807) is 0 Å². The fourth-order valence-corrected chi connectivity index (χ4v) is 1.40. The number of guanidine groups is 1. The first-order valence-corrected chi connectivity index (χ1v) is 5.56. The summed E-state index contributed by atoms with van der Waals surface area (Å²) in [5.74, 6) is 0.515. The van der Waals surface area contributed by atoms with Crippen molar-refractivity contribution in [1.82, 2.24) is 5.32 Å². The van der Waals surface area contributed by atoms with Crippen LogP contribution in [0.2, 0.25) is 0 Å². The van der Waals surface area contributed by atoms with Crippen molar-refractivity contribution in [3.63, 3.8) is 0 Å². The average molecular weight is 215 g/mol. The van der Waals surface area contributed by atoms with Crippen LogP contribution in [0.15, 0.2) is 4.99 Å². The van der Waals surface area contributed by atoms with Gasteiger partial charge in [-0.1, -0.05) is 0 Å². The number of aliphatic imine (C=N–C) groups is 1. The first kappa shape index (κ1) is 12.3. The van der Waals surface area contributed by atoms with Gasteiger partial charge in [-0.2, -0.15) is 0 Å². The van der Waals surface area contributed by atoms with Crippen molar-refractivity contribution >= 4 is 5.96 Å². The number of rotatable bonds is 6. The van der Waals surface area contributed by atoms with Crippen LogP contribution < -0.4 is 11.1 Å². The number of ether oxygens (including phenoxy) is 2. The summed E-state index contributed by atoms with van der Waals surface area (Å²) in [6.45, 7) is 5.82. The van der Waals surface area contributed by atoms with E-state index < -0.39 is 0 Å². The van der Waals surface area contributed by atoms with Crippen molar-refractivity contribution < 1.29 is 9.47 Å². The molecule has 1 atom stereocenters. The Morgan fingerprint density at radius 2 is 2.53 bits per heavy atom. The Balaban J connectivity index is 1.94. The molecule has 1 aliphatic rings. The van der Waals surface area contributed by atoms with Crippen LogP contribution in [0.1, 0.15) is 19.8 Å². The van der Waals surface area contributed by atoms with Gasteiger partial charge in [-0.05, 0) is 19.8 Å². The van der Waals surface area contributed by atoms with Gasteiger partial charge in [-0.15, -0.1) is 0 Å². The molecule has 0 aromatic heterocycles. The molecule has 0 radical (unpaired) electrons. The van der Waals surface area contributed by atoms with Crippen LogP contribution >= 0.6 is 0 Å². The van der Waals surface area contributed by atoms with Gasteiger partial charge >= 0.3 is 0 Å². The molecule has 0 spiro atoms. The number of hydrogen-bond acceptors (Lipinski definition) is 3. The summed E-state index contributed by atoms with van der Waals surface area (Å²) in [4.78, 5) is 4.15. The fourth-order valence-electron chi connectivity index (χ4n) is 1.40. The molecular weight excluding hydrogens is 194 g/mol. The molecule has 1 aliphatic heterocycles. The highest BCUT2D eigenvalue weighted by atomic mass is 16.5. The Hall–Kier alpha value is -0.810. The Kier molecular flexibility index (Phi) is 6.11. The highest BCUT2D eigenvalue weighted by molar-refractivity contribution is 5.77. The lowest BCUT2D eigenvalue weighted by Crippen LogP contribution is -2.31.